The van der Waals surface area contributed by atoms with Crippen molar-refractivity contribution in [1.82, 2.24) is 0 Å². The predicted octanol–water partition coefficient (Wildman–Crippen LogP) is 4.85. The van der Waals surface area contributed by atoms with Crippen molar-refractivity contribution in [3.05, 3.63) is 83.4 Å². The number of rotatable bonds is 7. The summed E-state index contributed by atoms with van der Waals surface area (Å²) in [7, 11) is -3.68. The topological polar surface area (TPSA) is 75.7 Å². The molecule has 0 aromatic heterocycles. The molecule has 0 fully saturated rings. The van der Waals surface area contributed by atoms with Gasteiger partial charge in [0.2, 0.25) is 15.9 Å². The fourth-order valence-electron chi connectivity index (χ4n) is 2.85. The van der Waals surface area contributed by atoms with Gasteiger partial charge in [-0.1, -0.05) is 48.0 Å². The van der Waals surface area contributed by atoms with Crippen LogP contribution < -0.4 is 14.4 Å². The van der Waals surface area contributed by atoms with Crippen molar-refractivity contribution in [3.63, 3.8) is 0 Å². The standard InChI is InChI=1S/C22H21ClN2O4S/c1-16-8-6-7-11-20(16)25(30(2,27)28)15-22(26)24-19-14-17(23)12-13-21(19)29-18-9-4-3-5-10-18/h3-14H,15H2,1-2H3,(H,24,26). The molecule has 0 unspecified atom stereocenters. The summed E-state index contributed by atoms with van der Waals surface area (Å²) in [6.07, 6.45) is 1.07. The number of aryl methyl sites for hydroxylation is 1. The summed E-state index contributed by atoms with van der Waals surface area (Å²) in [5, 5.41) is 3.12. The summed E-state index contributed by atoms with van der Waals surface area (Å²) < 4.78 is 31.6. The molecule has 3 aromatic rings. The van der Waals surface area contributed by atoms with Gasteiger partial charge in [0, 0.05) is 5.02 Å². The number of para-hydroxylation sites is 2. The zero-order chi connectivity index (χ0) is 21.7. The molecule has 30 heavy (non-hydrogen) atoms. The maximum atomic E-state index is 12.8. The minimum Gasteiger partial charge on any atom is -0.455 e. The number of anilines is 2. The van der Waals surface area contributed by atoms with Crippen LogP contribution in [0, 0.1) is 6.92 Å². The van der Waals surface area contributed by atoms with E-state index in [9.17, 15) is 13.2 Å². The van der Waals surface area contributed by atoms with Gasteiger partial charge in [0.05, 0.1) is 17.6 Å². The Bertz CT molecular complexity index is 1150. The van der Waals surface area contributed by atoms with E-state index in [-0.39, 0.29) is 6.54 Å². The number of sulfonamides is 1. The first-order chi connectivity index (χ1) is 14.2. The third-order valence-corrected chi connectivity index (χ3v) is 5.62. The molecule has 3 aromatic carbocycles. The molecule has 0 radical (unpaired) electrons. The highest BCUT2D eigenvalue weighted by atomic mass is 35.5. The quantitative estimate of drug-likeness (QED) is 0.565. The van der Waals surface area contributed by atoms with E-state index in [2.05, 4.69) is 5.32 Å². The van der Waals surface area contributed by atoms with Gasteiger partial charge in [-0.3, -0.25) is 9.10 Å². The van der Waals surface area contributed by atoms with Gasteiger partial charge in [-0.25, -0.2) is 8.42 Å². The summed E-state index contributed by atoms with van der Waals surface area (Å²) in [6, 6.07) is 20.9. The molecule has 8 heteroatoms. The largest absolute Gasteiger partial charge is 0.455 e. The Hall–Kier alpha value is -3.03. The summed E-state index contributed by atoms with van der Waals surface area (Å²) in [6.45, 7) is 1.40. The van der Waals surface area contributed by atoms with Crippen molar-refractivity contribution >= 4 is 38.9 Å². The Morgan fingerprint density at radius 1 is 1.03 bits per heavy atom. The van der Waals surface area contributed by atoms with Crippen molar-refractivity contribution < 1.29 is 17.9 Å². The van der Waals surface area contributed by atoms with Gasteiger partial charge in [-0.05, 0) is 48.9 Å². The second-order valence-corrected chi connectivity index (χ2v) is 9.00. The van der Waals surface area contributed by atoms with Gasteiger partial charge in [-0.15, -0.1) is 0 Å². The lowest BCUT2D eigenvalue weighted by Gasteiger charge is -2.23. The van der Waals surface area contributed by atoms with Crippen LogP contribution in [-0.4, -0.2) is 27.1 Å². The van der Waals surface area contributed by atoms with E-state index in [0.29, 0.717) is 27.9 Å². The van der Waals surface area contributed by atoms with Crippen molar-refractivity contribution in [1.29, 1.82) is 0 Å². The van der Waals surface area contributed by atoms with Crippen LogP contribution in [0.15, 0.2) is 72.8 Å². The zero-order valence-electron chi connectivity index (χ0n) is 16.5. The molecule has 0 aliphatic heterocycles. The Morgan fingerprint density at radius 2 is 1.70 bits per heavy atom. The van der Waals surface area contributed by atoms with E-state index in [4.69, 9.17) is 16.3 Å². The molecule has 0 aliphatic rings. The zero-order valence-corrected chi connectivity index (χ0v) is 18.1. The van der Waals surface area contributed by atoms with Crippen molar-refractivity contribution in [2.45, 2.75) is 6.92 Å². The predicted molar refractivity (Wildman–Crippen MR) is 120 cm³/mol. The second-order valence-electron chi connectivity index (χ2n) is 6.66. The van der Waals surface area contributed by atoms with Crippen molar-refractivity contribution in [2.75, 3.05) is 22.4 Å². The lowest BCUT2D eigenvalue weighted by atomic mass is 10.2. The fraction of sp³-hybridized carbons (Fsp3) is 0.136. The Balaban J connectivity index is 1.84. The van der Waals surface area contributed by atoms with Crippen molar-refractivity contribution in [3.8, 4) is 11.5 Å². The molecule has 0 bridgehead atoms. The number of nitrogens with one attached hydrogen (secondary N) is 1. The highest BCUT2D eigenvalue weighted by molar-refractivity contribution is 7.92. The Labute approximate surface area is 181 Å². The minimum atomic E-state index is -3.68. The molecule has 0 spiro atoms. The molecular weight excluding hydrogens is 424 g/mol. The third kappa shape index (κ3) is 5.52. The highest BCUT2D eigenvalue weighted by Gasteiger charge is 2.23. The average Bonchev–Trinajstić information content (AvgIpc) is 2.69. The van der Waals surface area contributed by atoms with E-state index in [0.717, 1.165) is 16.1 Å². The van der Waals surface area contributed by atoms with Crippen LogP contribution in [-0.2, 0) is 14.8 Å². The second kappa shape index (κ2) is 9.19. The average molecular weight is 445 g/mol. The van der Waals surface area contributed by atoms with Crippen LogP contribution in [0.5, 0.6) is 11.5 Å². The molecule has 0 atom stereocenters. The maximum Gasteiger partial charge on any atom is 0.245 e. The number of carbonyl (C=O) groups is 1. The van der Waals surface area contributed by atoms with Crippen LogP contribution >= 0.6 is 11.6 Å². The van der Waals surface area contributed by atoms with Gasteiger partial charge in [0.1, 0.15) is 12.3 Å². The molecule has 0 saturated heterocycles. The van der Waals surface area contributed by atoms with Crippen molar-refractivity contribution in [2.24, 2.45) is 0 Å². The van der Waals surface area contributed by atoms with E-state index in [1.54, 1.807) is 61.5 Å². The first kappa shape index (κ1) is 21.7. The van der Waals surface area contributed by atoms with Gasteiger partial charge in [0.15, 0.2) is 5.75 Å². The molecule has 1 amide bonds. The van der Waals surface area contributed by atoms with Crippen LogP contribution in [0.25, 0.3) is 0 Å². The van der Waals surface area contributed by atoms with Gasteiger partial charge in [-0.2, -0.15) is 0 Å². The van der Waals surface area contributed by atoms with Gasteiger partial charge >= 0.3 is 0 Å². The number of hydrogen-bond acceptors (Lipinski definition) is 4. The fourth-order valence-corrected chi connectivity index (χ4v) is 3.93. The van der Waals surface area contributed by atoms with E-state index in [1.165, 1.54) is 0 Å². The number of amides is 1. The smallest absolute Gasteiger partial charge is 0.245 e. The van der Waals surface area contributed by atoms with E-state index < -0.39 is 15.9 Å². The minimum absolute atomic E-state index is 0.342. The lowest BCUT2D eigenvalue weighted by molar-refractivity contribution is -0.114. The third-order valence-electron chi connectivity index (χ3n) is 4.26. The molecule has 3 rings (SSSR count). The molecule has 6 nitrogen and oxygen atoms in total. The first-order valence-corrected chi connectivity index (χ1v) is 11.3. The van der Waals surface area contributed by atoms with E-state index in [1.807, 2.05) is 18.2 Å². The monoisotopic (exact) mass is 444 g/mol. The van der Waals surface area contributed by atoms with Gasteiger partial charge in [0.25, 0.3) is 0 Å². The summed E-state index contributed by atoms with van der Waals surface area (Å²) in [5.41, 5.74) is 1.53. The van der Waals surface area contributed by atoms with Crippen LogP contribution in [0.1, 0.15) is 5.56 Å². The van der Waals surface area contributed by atoms with Gasteiger partial charge < -0.3 is 10.1 Å². The number of halogens is 1. The number of nitrogens with zero attached hydrogens (tertiary/aromatic N) is 1. The summed E-state index contributed by atoms with van der Waals surface area (Å²) >= 11 is 6.09. The van der Waals surface area contributed by atoms with Crippen LogP contribution in [0.3, 0.4) is 0 Å². The number of ether oxygens (including phenoxy) is 1. The molecule has 0 saturated carbocycles. The molecule has 1 N–H and O–H groups in total. The Kier molecular flexibility index (Phi) is 6.64. The first-order valence-electron chi connectivity index (χ1n) is 9.09. The van der Waals surface area contributed by atoms with Crippen LogP contribution in [0.4, 0.5) is 11.4 Å². The summed E-state index contributed by atoms with van der Waals surface area (Å²) in [5.74, 6) is 0.456. The number of carbonyl (C=O) groups excluding carboxylic acids is 1. The lowest BCUT2D eigenvalue weighted by Crippen LogP contribution is -2.37. The maximum absolute atomic E-state index is 12.8. The molecular formula is C22H21ClN2O4S. The highest BCUT2D eigenvalue weighted by Crippen LogP contribution is 2.32. The van der Waals surface area contributed by atoms with Crippen LogP contribution in [0.2, 0.25) is 5.02 Å². The molecule has 0 aliphatic carbocycles. The normalized spacial score (nSPS) is 11.0. The number of benzene rings is 3. The number of hydrogen-bond donors (Lipinski definition) is 1. The Morgan fingerprint density at radius 3 is 2.37 bits per heavy atom. The molecule has 156 valence electrons. The molecule has 0 heterocycles. The SMILES string of the molecule is Cc1ccccc1N(CC(=O)Nc1cc(Cl)ccc1Oc1ccccc1)S(C)(=O)=O. The summed E-state index contributed by atoms with van der Waals surface area (Å²) in [4.78, 5) is 12.8. The van der Waals surface area contributed by atoms with E-state index >= 15 is 0 Å².